The second-order valence-electron chi connectivity index (χ2n) is 4.28. The van der Waals surface area contributed by atoms with Crippen LogP contribution in [0.3, 0.4) is 0 Å². The Morgan fingerprint density at radius 3 is 3.00 bits per heavy atom. The molecule has 0 fully saturated rings. The van der Waals surface area contributed by atoms with Gasteiger partial charge in [-0.1, -0.05) is 23.7 Å². The van der Waals surface area contributed by atoms with E-state index in [1.165, 1.54) is 5.56 Å². The first-order valence-corrected chi connectivity index (χ1v) is 6.03. The van der Waals surface area contributed by atoms with Gasteiger partial charge in [-0.2, -0.15) is 0 Å². The molecule has 90 valence electrons. The van der Waals surface area contributed by atoms with Crippen LogP contribution in [0.15, 0.2) is 36.7 Å². The van der Waals surface area contributed by atoms with Crippen molar-refractivity contribution < 1.29 is 0 Å². The highest BCUT2D eigenvalue weighted by Gasteiger charge is 2.06. The van der Waals surface area contributed by atoms with E-state index in [9.17, 15) is 0 Å². The third-order valence-electron chi connectivity index (χ3n) is 2.55. The maximum absolute atomic E-state index is 5.96. The second-order valence-corrected chi connectivity index (χ2v) is 4.72. The van der Waals surface area contributed by atoms with E-state index in [-0.39, 0.29) is 6.04 Å². The molecule has 17 heavy (non-hydrogen) atoms. The minimum atomic E-state index is 0.121. The Balaban J connectivity index is 2.16. The first kappa shape index (κ1) is 12.1. The molecule has 0 saturated carbocycles. The lowest BCUT2D eigenvalue weighted by Gasteiger charge is -2.10. The molecule has 2 rings (SSSR count). The lowest BCUT2D eigenvalue weighted by atomic mass is 10.2. The van der Waals surface area contributed by atoms with E-state index >= 15 is 0 Å². The minimum Gasteiger partial charge on any atom is -0.330 e. The molecule has 2 N–H and O–H groups in total. The summed E-state index contributed by atoms with van der Waals surface area (Å²) in [6.45, 7) is 2.76. The fraction of sp³-hybridized carbons (Fsp3) is 0.308. The van der Waals surface area contributed by atoms with Crippen LogP contribution in [0.1, 0.15) is 18.3 Å². The van der Waals surface area contributed by atoms with Crippen molar-refractivity contribution >= 4 is 11.6 Å². The summed E-state index contributed by atoms with van der Waals surface area (Å²) in [7, 11) is 0. The molecule has 0 saturated heterocycles. The standard InChI is InChI=1S/C13H16ClN3/c1-10(15)7-13-16-5-6-17(13)9-11-3-2-4-12(14)8-11/h2-6,8,10H,7,9,15H2,1H3. The summed E-state index contributed by atoms with van der Waals surface area (Å²) in [6, 6.07) is 7.98. The van der Waals surface area contributed by atoms with Crippen LogP contribution in [0.4, 0.5) is 0 Å². The molecule has 0 spiro atoms. The molecule has 4 heteroatoms. The van der Waals surface area contributed by atoms with E-state index in [1.807, 2.05) is 37.5 Å². The molecule has 0 amide bonds. The highest BCUT2D eigenvalue weighted by molar-refractivity contribution is 6.30. The van der Waals surface area contributed by atoms with Crippen LogP contribution < -0.4 is 5.73 Å². The van der Waals surface area contributed by atoms with Gasteiger partial charge in [0, 0.05) is 36.4 Å². The highest BCUT2D eigenvalue weighted by Crippen LogP contribution is 2.13. The first-order chi connectivity index (χ1) is 8.15. The average Bonchev–Trinajstić information content (AvgIpc) is 2.65. The SMILES string of the molecule is CC(N)Cc1nccn1Cc1cccc(Cl)c1. The smallest absolute Gasteiger partial charge is 0.110 e. The molecule has 0 aliphatic heterocycles. The monoisotopic (exact) mass is 249 g/mol. The summed E-state index contributed by atoms with van der Waals surface area (Å²) in [5.41, 5.74) is 6.96. The number of benzene rings is 1. The highest BCUT2D eigenvalue weighted by atomic mass is 35.5. The van der Waals surface area contributed by atoms with Gasteiger partial charge in [0.05, 0.1) is 0 Å². The normalized spacial score (nSPS) is 12.6. The minimum absolute atomic E-state index is 0.121. The number of aromatic nitrogens is 2. The molecule has 1 atom stereocenters. The molecule has 0 radical (unpaired) electrons. The molecule has 0 aliphatic rings. The summed E-state index contributed by atoms with van der Waals surface area (Å²) < 4.78 is 2.11. The van der Waals surface area contributed by atoms with Crippen LogP contribution >= 0.6 is 11.6 Å². The van der Waals surface area contributed by atoms with Gasteiger partial charge in [0.2, 0.25) is 0 Å². The van der Waals surface area contributed by atoms with E-state index in [4.69, 9.17) is 17.3 Å². The van der Waals surface area contributed by atoms with Crippen molar-refractivity contribution in [2.45, 2.75) is 25.9 Å². The van der Waals surface area contributed by atoms with Gasteiger partial charge in [0.1, 0.15) is 5.82 Å². The maximum Gasteiger partial charge on any atom is 0.110 e. The summed E-state index contributed by atoms with van der Waals surface area (Å²) in [5, 5.41) is 0.761. The van der Waals surface area contributed by atoms with Gasteiger partial charge in [-0.25, -0.2) is 4.98 Å². The topological polar surface area (TPSA) is 43.8 Å². The predicted molar refractivity (Wildman–Crippen MR) is 70.1 cm³/mol. The fourth-order valence-corrected chi connectivity index (χ4v) is 2.01. The van der Waals surface area contributed by atoms with E-state index in [2.05, 4.69) is 15.6 Å². The molecule has 0 bridgehead atoms. The van der Waals surface area contributed by atoms with Gasteiger partial charge in [0.25, 0.3) is 0 Å². The van der Waals surface area contributed by atoms with E-state index < -0.39 is 0 Å². The van der Waals surface area contributed by atoms with E-state index in [0.717, 1.165) is 23.8 Å². The third-order valence-corrected chi connectivity index (χ3v) is 2.78. The zero-order valence-electron chi connectivity index (χ0n) is 9.81. The number of imidazole rings is 1. The predicted octanol–water partition coefficient (Wildman–Crippen LogP) is 2.47. The Kier molecular flexibility index (Phi) is 3.82. The Morgan fingerprint density at radius 2 is 2.29 bits per heavy atom. The number of halogens is 1. The zero-order chi connectivity index (χ0) is 12.3. The zero-order valence-corrected chi connectivity index (χ0v) is 10.6. The first-order valence-electron chi connectivity index (χ1n) is 5.65. The van der Waals surface area contributed by atoms with E-state index in [0.29, 0.717) is 0 Å². The van der Waals surface area contributed by atoms with Gasteiger partial charge in [-0.15, -0.1) is 0 Å². The Bertz CT molecular complexity index is 491. The maximum atomic E-state index is 5.96. The third kappa shape index (κ3) is 3.32. The molecule has 1 unspecified atom stereocenters. The van der Waals surface area contributed by atoms with Gasteiger partial charge in [0.15, 0.2) is 0 Å². The van der Waals surface area contributed by atoms with Gasteiger partial charge in [-0.3, -0.25) is 0 Å². The number of hydrogen-bond acceptors (Lipinski definition) is 2. The van der Waals surface area contributed by atoms with Crippen molar-refractivity contribution in [1.29, 1.82) is 0 Å². The fourth-order valence-electron chi connectivity index (χ4n) is 1.79. The molecule has 2 aromatic rings. The molecule has 0 aliphatic carbocycles. The molecular weight excluding hydrogens is 234 g/mol. The van der Waals surface area contributed by atoms with Crippen LogP contribution in [0.2, 0.25) is 5.02 Å². The van der Waals surface area contributed by atoms with Crippen molar-refractivity contribution in [3.05, 3.63) is 53.1 Å². The average molecular weight is 250 g/mol. The van der Waals surface area contributed by atoms with Crippen LogP contribution in [0.25, 0.3) is 0 Å². The van der Waals surface area contributed by atoms with Crippen molar-refractivity contribution in [3.8, 4) is 0 Å². The molecule has 1 heterocycles. The summed E-state index contributed by atoms with van der Waals surface area (Å²) >= 11 is 5.96. The van der Waals surface area contributed by atoms with Crippen molar-refractivity contribution in [1.82, 2.24) is 9.55 Å². The van der Waals surface area contributed by atoms with Crippen LogP contribution in [-0.4, -0.2) is 15.6 Å². The molecule has 1 aromatic heterocycles. The van der Waals surface area contributed by atoms with Crippen LogP contribution in [-0.2, 0) is 13.0 Å². The summed E-state index contributed by atoms with van der Waals surface area (Å²) in [4.78, 5) is 4.32. The van der Waals surface area contributed by atoms with Gasteiger partial charge in [-0.05, 0) is 24.6 Å². The van der Waals surface area contributed by atoms with Crippen LogP contribution in [0, 0.1) is 0 Å². The quantitative estimate of drug-likeness (QED) is 0.905. The molecule has 1 aromatic carbocycles. The molecule has 3 nitrogen and oxygen atoms in total. The lowest BCUT2D eigenvalue weighted by Crippen LogP contribution is -2.20. The largest absolute Gasteiger partial charge is 0.330 e. The lowest BCUT2D eigenvalue weighted by molar-refractivity contribution is 0.648. The Morgan fingerprint density at radius 1 is 1.47 bits per heavy atom. The summed E-state index contributed by atoms with van der Waals surface area (Å²) in [6.07, 6.45) is 4.56. The van der Waals surface area contributed by atoms with Crippen molar-refractivity contribution in [3.63, 3.8) is 0 Å². The Hall–Kier alpha value is -1.32. The number of rotatable bonds is 4. The van der Waals surface area contributed by atoms with Crippen molar-refractivity contribution in [2.75, 3.05) is 0 Å². The van der Waals surface area contributed by atoms with Crippen LogP contribution in [0.5, 0.6) is 0 Å². The second kappa shape index (κ2) is 5.34. The number of nitrogens with two attached hydrogens (primary N) is 1. The van der Waals surface area contributed by atoms with Crippen molar-refractivity contribution in [2.24, 2.45) is 5.73 Å². The van der Waals surface area contributed by atoms with E-state index in [1.54, 1.807) is 0 Å². The number of nitrogens with zero attached hydrogens (tertiary/aromatic N) is 2. The number of hydrogen-bond donors (Lipinski definition) is 1. The van der Waals surface area contributed by atoms with Gasteiger partial charge < -0.3 is 10.3 Å². The molecular formula is C13H16ClN3. The van der Waals surface area contributed by atoms with Gasteiger partial charge >= 0.3 is 0 Å². The Labute approximate surface area is 106 Å². The summed E-state index contributed by atoms with van der Waals surface area (Å²) in [5.74, 6) is 1.01.